The number of aromatic nitrogens is 3. The summed E-state index contributed by atoms with van der Waals surface area (Å²) >= 11 is 0. The van der Waals surface area contributed by atoms with Gasteiger partial charge in [0.25, 0.3) is 5.78 Å². The van der Waals surface area contributed by atoms with Crippen molar-refractivity contribution >= 4 is 5.78 Å². The van der Waals surface area contributed by atoms with Crippen LogP contribution in [-0.4, -0.2) is 33.6 Å². The highest BCUT2D eigenvalue weighted by atomic mass is 19.4. The topological polar surface area (TPSA) is 57.0 Å². The molecule has 106 valence electrons. The maximum atomic E-state index is 12.3. The third kappa shape index (κ3) is 2.95. The molecule has 1 aromatic heterocycles. The summed E-state index contributed by atoms with van der Waals surface area (Å²) in [5, 5.41) is 6.75. The standard InChI is InChI=1S/C12H10F3N3O2/c1-2-20-9-5-3-4-8(6-9)18-7-10(16-17-18)11(19)12(13,14)15/h3-7H,2H2,1H3. The number of benzene rings is 1. The van der Waals surface area contributed by atoms with Gasteiger partial charge in [-0.25, -0.2) is 4.68 Å². The summed E-state index contributed by atoms with van der Waals surface area (Å²) in [4.78, 5) is 11.0. The summed E-state index contributed by atoms with van der Waals surface area (Å²) < 4.78 is 43.1. The molecule has 0 fully saturated rings. The van der Waals surface area contributed by atoms with Crippen LogP contribution in [0.1, 0.15) is 17.4 Å². The zero-order valence-electron chi connectivity index (χ0n) is 10.4. The number of Topliss-reactive ketones (excluding diaryl/α,β-unsaturated/α-hetero) is 1. The highest BCUT2D eigenvalue weighted by Crippen LogP contribution is 2.21. The number of hydrogen-bond donors (Lipinski definition) is 0. The molecule has 2 rings (SSSR count). The van der Waals surface area contributed by atoms with Crippen molar-refractivity contribution in [2.24, 2.45) is 0 Å². The van der Waals surface area contributed by atoms with Gasteiger partial charge in [-0.2, -0.15) is 13.2 Å². The van der Waals surface area contributed by atoms with Crippen LogP contribution in [0, 0.1) is 0 Å². The van der Waals surface area contributed by atoms with Crippen LogP contribution in [0.4, 0.5) is 13.2 Å². The van der Waals surface area contributed by atoms with Crippen LogP contribution in [0.25, 0.3) is 5.69 Å². The maximum absolute atomic E-state index is 12.3. The lowest BCUT2D eigenvalue weighted by Crippen LogP contribution is -2.23. The average Bonchev–Trinajstić information content (AvgIpc) is 2.87. The van der Waals surface area contributed by atoms with Crippen molar-refractivity contribution in [2.45, 2.75) is 13.1 Å². The Morgan fingerprint density at radius 2 is 2.15 bits per heavy atom. The Labute approximate surface area is 112 Å². The summed E-state index contributed by atoms with van der Waals surface area (Å²) in [6.45, 7) is 2.26. The summed E-state index contributed by atoms with van der Waals surface area (Å²) in [7, 11) is 0. The molecule has 1 heterocycles. The van der Waals surface area contributed by atoms with Crippen molar-refractivity contribution in [1.82, 2.24) is 15.0 Å². The second-order valence-corrected chi connectivity index (χ2v) is 3.81. The lowest BCUT2D eigenvalue weighted by molar-refractivity contribution is -0.0888. The van der Waals surface area contributed by atoms with Gasteiger partial charge in [0.05, 0.1) is 18.5 Å². The van der Waals surface area contributed by atoms with Gasteiger partial charge in [0, 0.05) is 6.07 Å². The minimum absolute atomic E-state index is 0.449. The minimum Gasteiger partial charge on any atom is -0.494 e. The van der Waals surface area contributed by atoms with Crippen LogP contribution in [-0.2, 0) is 0 Å². The molecular weight excluding hydrogens is 275 g/mol. The van der Waals surface area contributed by atoms with Crippen LogP contribution < -0.4 is 4.74 Å². The first-order valence-electron chi connectivity index (χ1n) is 5.69. The third-order valence-electron chi connectivity index (χ3n) is 2.38. The predicted molar refractivity (Wildman–Crippen MR) is 62.9 cm³/mol. The second kappa shape index (κ2) is 5.32. The van der Waals surface area contributed by atoms with Crippen molar-refractivity contribution in [3.05, 3.63) is 36.2 Å². The zero-order chi connectivity index (χ0) is 14.8. The van der Waals surface area contributed by atoms with E-state index in [1.54, 1.807) is 24.3 Å². The van der Waals surface area contributed by atoms with E-state index in [0.717, 1.165) is 10.9 Å². The Morgan fingerprint density at radius 3 is 2.80 bits per heavy atom. The fourth-order valence-corrected chi connectivity index (χ4v) is 1.52. The van der Waals surface area contributed by atoms with Gasteiger partial charge in [-0.1, -0.05) is 11.3 Å². The third-order valence-corrected chi connectivity index (χ3v) is 2.38. The Hall–Kier alpha value is -2.38. The van der Waals surface area contributed by atoms with E-state index in [-0.39, 0.29) is 0 Å². The molecule has 20 heavy (non-hydrogen) atoms. The van der Waals surface area contributed by atoms with E-state index in [1.807, 2.05) is 6.92 Å². The van der Waals surface area contributed by atoms with E-state index >= 15 is 0 Å². The number of nitrogens with zero attached hydrogens (tertiary/aromatic N) is 3. The predicted octanol–water partition coefficient (Wildman–Crippen LogP) is 2.41. The smallest absolute Gasteiger partial charge is 0.456 e. The molecular formula is C12H10F3N3O2. The van der Waals surface area contributed by atoms with Gasteiger partial charge in [0.1, 0.15) is 5.75 Å². The summed E-state index contributed by atoms with van der Waals surface area (Å²) in [5.41, 5.74) is -0.302. The minimum atomic E-state index is -4.96. The van der Waals surface area contributed by atoms with Gasteiger partial charge in [0.15, 0.2) is 5.69 Å². The number of alkyl halides is 3. The lowest BCUT2D eigenvalue weighted by atomic mass is 10.3. The van der Waals surface area contributed by atoms with Gasteiger partial charge in [-0.15, -0.1) is 5.10 Å². The van der Waals surface area contributed by atoms with E-state index in [2.05, 4.69) is 10.3 Å². The Kier molecular flexibility index (Phi) is 3.73. The Balaban J connectivity index is 2.29. The summed E-state index contributed by atoms with van der Waals surface area (Å²) in [5.74, 6) is -1.48. The molecule has 0 bridgehead atoms. The van der Waals surface area contributed by atoms with Crippen molar-refractivity contribution in [2.75, 3.05) is 6.61 Å². The molecule has 0 aliphatic rings. The monoisotopic (exact) mass is 285 g/mol. The largest absolute Gasteiger partial charge is 0.494 e. The Bertz CT molecular complexity index is 622. The lowest BCUT2D eigenvalue weighted by Gasteiger charge is -2.05. The van der Waals surface area contributed by atoms with Crippen LogP contribution in [0.15, 0.2) is 30.5 Å². The van der Waals surface area contributed by atoms with Gasteiger partial charge in [-0.05, 0) is 19.1 Å². The molecule has 0 aliphatic heterocycles. The number of ketones is 1. The van der Waals surface area contributed by atoms with Crippen molar-refractivity contribution in [1.29, 1.82) is 0 Å². The number of rotatable bonds is 4. The molecule has 0 N–H and O–H groups in total. The molecule has 0 saturated carbocycles. The summed E-state index contributed by atoms with van der Waals surface area (Å²) in [6.07, 6.45) is -4.03. The molecule has 0 radical (unpaired) electrons. The molecule has 0 unspecified atom stereocenters. The molecule has 8 heteroatoms. The fraction of sp³-hybridized carbons (Fsp3) is 0.250. The second-order valence-electron chi connectivity index (χ2n) is 3.81. The molecule has 5 nitrogen and oxygen atoms in total. The molecule has 0 spiro atoms. The van der Waals surface area contributed by atoms with Crippen LogP contribution in [0.3, 0.4) is 0 Å². The normalized spacial score (nSPS) is 11.4. The van der Waals surface area contributed by atoms with Crippen LogP contribution in [0.5, 0.6) is 5.75 Å². The van der Waals surface area contributed by atoms with Gasteiger partial charge >= 0.3 is 6.18 Å². The zero-order valence-corrected chi connectivity index (χ0v) is 10.4. The van der Waals surface area contributed by atoms with E-state index in [1.165, 1.54) is 0 Å². The number of halogens is 3. The first-order valence-corrected chi connectivity index (χ1v) is 5.69. The summed E-state index contributed by atoms with van der Waals surface area (Å²) in [6, 6.07) is 6.55. The molecule has 2 aromatic rings. The Morgan fingerprint density at radius 1 is 1.40 bits per heavy atom. The molecule has 0 saturated heterocycles. The number of ether oxygens (including phenoxy) is 1. The number of carbonyl (C=O) groups is 1. The van der Waals surface area contributed by atoms with Gasteiger partial charge in [0.2, 0.25) is 0 Å². The molecule has 0 atom stereocenters. The first-order chi connectivity index (χ1) is 9.41. The highest BCUT2D eigenvalue weighted by molar-refractivity contribution is 5.98. The van der Waals surface area contributed by atoms with Crippen LogP contribution >= 0.6 is 0 Å². The fourth-order valence-electron chi connectivity index (χ4n) is 1.52. The highest BCUT2D eigenvalue weighted by Gasteiger charge is 2.41. The van der Waals surface area contributed by atoms with Gasteiger partial charge in [-0.3, -0.25) is 4.79 Å². The molecule has 0 amide bonds. The van der Waals surface area contributed by atoms with Crippen molar-refractivity contribution in [3.8, 4) is 11.4 Å². The molecule has 0 aliphatic carbocycles. The van der Waals surface area contributed by atoms with E-state index in [4.69, 9.17) is 4.74 Å². The first kappa shape index (κ1) is 14.0. The average molecular weight is 285 g/mol. The number of carbonyl (C=O) groups excluding carboxylic acids is 1. The van der Waals surface area contributed by atoms with Crippen molar-refractivity contribution in [3.63, 3.8) is 0 Å². The quantitative estimate of drug-likeness (QED) is 0.809. The maximum Gasteiger partial charge on any atom is 0.456 e. The van der Waals surface area contributed by atoms with E-state index < -0.39 is 17.7 Å². The van der Waals surface area contributed by atoms with Gasteiger partial charge < -0.3 is 4.74 Å². The van der Waals surface area contributed by atoms with Crippen molar-refractivity contribution < 1.29 is 22.7 Å². The molecule has 1 aromatic carbocycles. The van der Waals surface area contributed by atoms with E-state index in [0.29, 0.717) is 18.0 Å². The SMILES string of the molecule is CCOc1cccc(-n2cc(C(=O)C(F)(F)F)nn2)c1. The number of hydrogen-bond acceptors (Lipinski definition) is 4. The van der Waals surface area contributed by atoms with E-state index in [9.17, 15) is 18.0 Å². The van der Waals surface area contributed by atoms with Crippen LogP contribution in [0.2, 0.25) is 0 Å².